The van der Waals surface area contributed by atoms with Gasteiger partial charge in [-0.15, -0.1) is 11.3 Å². The molecule has 0 radical (unpaired) electrons. The van der Waals surface area contributed by atoms with Gasteiger partial charge in [0.1, 0.15) is 0 Å². The highest BCUT2D eigenvalue weighted by Crippen LogP contribution is 2.04. The van der Waals surface area contributed by atoms with E-state index in [1.54, 1.807) is 12.6 Å². The second kappa shape index (κ2) is 6.92. The van der Waals surface area contributed by atoms with Gasteiger partial charge < -0.3 is 20.4 Å². The molecule has 0 bridgehead atoms. The maximum Gasteiger partial charge on any atom is 0.332 e. The molecule has 1 atom stereocenters. The van der Waals surface area contributed by atoms with E-state index < -0.39 is 12.1 Å². The van der Waals surface area contributed by atoms with Crippen LogP contribution in [0.25, 0.3) is 0 Å². The van der Waals surface area contributed by atoms with E-state index >= 15 is 0 Å². The molecule has 8 heteroatoms. The molecule has 7 nitrogen and oxygen atoms in total. The van der Waals surface area contributed by atoms with Crippen LogP contribution in [0.5, 0.6) is 0 Å². The Morgan fingerprint density at radius 1 is 1.61 bits per heavy atom. The van der Waals surface area contributed by atoms with E-state index in [4.69, 9.17) is 10.2 Å². The molecule has 0 aliphatic carbocycles. The molecular formula is C10H15N3O4S. The van der Waals surface area contributed by atoms with Gasteiger partial charge in [0.25, 0.3) is 0 Å². The van der Waals surface area contributed by atoms with Gasteiger partial charge in [0.15, 0.2) is 6.10 Å². The number of carbonyl (C=O) groups is 2. The third-order valence-electron chi connectivity index (χ3n) is 2.21. The Labute approximate surface area is 108 Å². The smallest absolute Gasteiger partial charge is 0.332 e. The molecule has 1 aromatic rings. The number of aliphatic hydroxyl groups is 1. The maximum absolute atomic E-state index is 11.6. The summed E-state index contributed by atoms with van der Waals surface area (Å²) >= 11 is 1.45. The minimum atomic E-state index is -1.45. The topological polar surface area (TPSA) is 103 Å². The standard InChI is InChI=1S/C10H15N3O4S/c1-13(4-7-5-18-6-12-7)10(17)11-3-2-8(14)9(15)16/h5-6,8,14H,2-4H2,1H3,(H,11,17)(H,15,16). The van der Waals surface area contributed by atoms with Crippen LogP contribution in [0.15, 0.2) is 10.9 Å². The number of aliphatic carboxylic acids is 1. The predicted octanol–water partition coefficient (Wildman–Crippen LogP) is 0.120. The zero-order valence-corrected chi connectivity index (χ0v) is 10.7. The van der Waals surface area contributed by atoms with Crippen molar-refractivity contribution in [2.45, 2.75) is 19.1 Å². The molecule has 1 aromatic heterocycles. The van der Waals surface area contributed by atoms with Gasteiger partial charge in [-0.1, -0.05) is 0 Å². The molecule has 2 amide bonds. The number of aromatic nitrogens is 1. The van der Waals surface area contributed by atoms with Gasteiger partial charge in [-0.05, 0) is 0 Å². The van der Waals surface area contributed by atoms with Crippen molar-refractivity contribution in [3.8, 4) is 0 Å². The summed E-state index contributed by atoms with van der Waals surface area (Å²) in [6, 6.07) is -0.333. The van der Waals surface area contributed by atoms with Crippen LogP contribution in [-0.4, -0.2) is 51.8 Å². The molecule has 18 heavy (non-hydrogen) atoms. The Balaban J connectivity index is 2.26. The summed E-state index contributed by atoms with van der Waals surface area (Å²) in [5.41, 5.74) is 2.48. The van der Waals surface area contributed by atoms with Gasteiger partial charge in [-0.3, -0.25) is 0 Å². The lowest BCUT2D eigenvalue weighted by Crippen LogP contribution is -2.38. The molecule has 0 saturated carbocycles. The van der Waals surface area contributed by atoms with Crippen molar-refractivity contribution in [3.63, 3.8) is 0 Å². The molecule has 1 heterocycles. The molecule has 100 valence electrons. The first-order valence-corrected chi connectivity index (χ1v) is 6.22. The van der Waals surface area contributed by atoms with E-state index in [1.807, 2.05) is 5.38 Å². The average Bonchev–Trinajstić information content (AvgIpc) is 2.81. The number of amides is 2. The molecule has 3 N–H and O–H groups in total. The fraction of sp³-hybridized carbons (Fsp3) is 0.500. The number of hydrogen-bond donors (Lipinski definition) is 3. The van der Waals surface area contributed by atoms with E-state index in [2.05, 4.69) is 10.3 Å². The summed E-state index contributed by atoms with van der Waals surface area (Å²) < 4.78 is 0. The van der Waals surface area contributed by atoms with Crippen molar-refractivity contribution in [2.75, 3.05) is 13.6 Å². The first kappa shape index (κ1) is 14.4. The summed E-state index contributed by atoms with van der Waals surface area (Å²) in [7, 11) is 1.61. The van der Waals surface area contributed by atoms with Gasteiger partial charge in [0.2, 0.25) is 0 Å². The minimum Gasteiger partial charge on any atom is -0.479 e. The van der Waals surface area contributed by atoms with Gasteiger partial charge in [-0.2, -0.15) is 0 Å². The Morgan fingerprint density at radius 2 is 2.33 bits per heavy atom. The maximum atomic E-state index is 11.6. The number of hydrogen-bond acceptors (Lipinski definition) is 5. The van der Waals surface area contributed by atoms with Crippen LogP contribution >= 0.6 is 11.3 Å². The molecule has 0 aliphatic rings. The van der Waals surface area contributed by atoms with Gasteiger partial charge in [0.05, 0.1) is 17.7 Å². The number of nitrogens with zero attached hydrogens (tertiary/aromatic N) is 2. The number of thiazole rings is 1. The monoisotopic (exact) mass is 273 g/mol. The molecular weight excluding hydrogens is 258 g/mol. The number of rotatable bonds is 6. The first-order chi connectivity index (χ1) is 8.50. The van der Waals surface area contributed by atoms with Crippen molar-refractivity contribution in [2.24, 2.45) is 0 Å². The van der Waals surface area contributed by atoms with Crippen LogP contribution < -0.4 is 5.32 Å². The first-order valence-electron chi connectivity index (χ1n) is 5.27. The van der Waals surface area contributed by atoms with Crippen LogP contribution in [-0.2, 0) is 11.3 Å². The number of carboxylic acid groups (broad SMARTS) is 1. The third kappa shape index (κ3) is 4.68. The van der Waals surface area contributed by atoms with Crippen LogP contribution in [0.4, 0.5) is 4.79 Å². The summed E-state index contributed by atoms with van der Waals surface area (Å²) in [6.07, 6.45) is -1.47. The predicted molar refractivity (Wildman–Crippen MR) is 65.2 cm³/mol. The average molecular weight is 273 g/mol. The van der Waals surface area contributed by atoms with Crippen LogP contribution in [0.1, 0.15) is 12.1 Å². The number of carboxylic acids is 1. The van der Waals surface area contributed by atoms with E-state index in [9.17, 15) is 9.59 Å². The largest absolute Gasteiger partial charge is 0.479 e. The van der Waals surface area contributed by atoms with E-state index in [1.165, 1.54) is 16.2 Å². The zero-order chi connectivity index (χ0) is 13.5. The summed E-state index contributed by atoms with van der Waals surface area (Å²) in [5, 5.41) is 21.8. The van der Waals surface area contributed by atoms with E-state index in [0.717, 1.165) is 5.69 Å². The summed E-state index contributed by atoms with van der Waals surface area (Å²) in [4.78, 5) is 27.4. The summed E-state index contributed by atoms with van der Waals surface area (Å²) in [6.45, 7) is 0.491. The van der Waals surface area contributed by atoms with Gasteiger partial charge in [-0.25, -0.2) is 14.6 Å². The Morgan fingerprint density at radius 3 is 2.89 bits per heavy atom. The molecule has 0 saturated heterocycles. The van der Waals surface area contributed by atoms with Crippen molar-refractivity contribution in [3.05, 3.63) is 16.6 Å². The Bertz CT molecular complexity index is 396. The second-order valence-electron chi connectivity index (χ2n) is 3.71. The fourth-order valence-electron chi connectivity index (χ4n) is 1.20. The van der Waals surface area contributed by atoms with Crippen molar-refractivity contribution < 1.29 is 19.8 Å². The van der Waals surface area contributed by atoms with Crippen LogP contribution in [0, 0.1) is 0 Å². The quantitative estimate of drug-likeness (QED) is 0.683. The molecule has 0 aliphatic heterocycles. The number of carbonyl (C=O) groups excluding carboxylic acids is 1. The van der Waals surface area contributed by atoms with Crippen LogP contribution in [0.2, 0.25) is 0 Å². The highest BCUT2D eigenvalue weighted by molar-refractivity contribution is 7.07. The highest BCUT2D eigenvalue weighted by atomic mass is 32.1. The second-order valence-corrected chi connectivity index (χ2v) is 4.43. The van der Waals surface area contributed by atoms with Crippen molar-refractivity contribution >= 4 is 23.3 Å². The minimum absolute atomic E-state index is 0.0222. The van der Waals surface area contributed by atoms with Crippen molar-refractivity contribution in [1.29, 1.82) is 0 Å². The molecule has 0 fully saturated rings. The van der Waals surface area contributed by atoms with Gasteiger partial charge >= 0.3 is 12.0 Å². The fourth-order valence-corrected chi connectivity index (χ4v) is 1.75. The molecule has 0 spiro atoms. The number of aliphatic hydroxyl groups excluding tert-OH is 1. The zero-order valence-electron chi connectivity index (χ0n) is 9.87. The lowest BCUT2D eigenvalue weighted by atomic mass is 10.2. The molecule has 1 rings (SSSR count). The number of urea groups is 1. The lowest BCUT2D eigenvalue weighted by molar-refractivity contribution is -0.146. The molecule has 0 aromatic carbocycles. The van der Waals surface area contributed by atoms with Crippen LogP contribution in [0.3, 0.4) is 0 Å². The number of nitrogens with one attached hydrogen (secondary N) is 1. The third-order valence-corrected chi connectivity index (χ3v) is 2.84. The highest BCUT2D eigenvalue weighted by Gasteiger charge is 2.14. The van der Waals surface area contributed by atoms with E-state index in [-0.39, 0.29) is 19.0 Å². The Kier molecular flexibility index (Phi) is 5.53. The molecule has 1 unspecified atom stereocenters. The Hall–Kier alpha value is -1.67. The lowest BCUT2D eigenvalue weighted by Gasteiger charge is -2.17. The van der Waals surface area contributed by atoms with Gasteiger partial charge in [0, 0.05) is 25.4 Å². The summed E-state index contributed by atoms with van der Waals surface area (Å²) in [5.74, 6) is -1.29. The normalized spacial score (nSPS) is 11.9. The SMILES string of the molecule is CN(Cc1cscn1)C(=O)NCCC(O)C(=O)O. The van der Waals surface area contributed by atoms with Crippen molar-refractivity contribution in [1.82, 2.24) is 15.2 Å². The van der Waals surface area contributed by atoms with E-state index in [0.29, 0.717) is 6.54 Å².